The molecule has 0 aliphatic heterocycles. The molecular formula is C25H21N7. The number of aromatic amines is 2. The molecule has 7 nitrogen and oxygen atoms in total. The molecule has 5 heterocycles. The van der Waals surface area contributed by atoms with E-state index >= 15 is 0 Å². The number of pyridine rings is 3. The second kappa shape index (κ2) is 7.96. The molecule has 0 aliphatic carbocycles. The van der Waals surface area contributed by atoms with E-state index in [0.717, 1.165) is 55.3 Å². The van der Waals surface area contributed by atoms with E-state index in [0.29, 0.717) is 5.69 Å². The van der Waals surface area contributed by atoms with Crippen LogP contribution < -0.4 is 16.3 Å². The molecule has 0 amide bonds. The topological polar surface area (TPSA) is 109 Å². The molecule has 7 heteroatoms. The van der Waals surface area contributed by atoms with Gasteiger partial charge in [0, 0.05) is 52.7 Å². The van der Waals surface area contributed by atoms with E-state index < -0.39 is 0 Å². The van der Waals surface area contributed by atoms with Crippen LogP contribution in [0, 0.1) is 0 Å². The molecule has 5 aromatic heterocycles. The minimum absolute atomic E-state index is 0.594. The number of fused-ring (bicyclic) bond motifs is 1. The maximum atomic E-state index is 5.89. The molecule has 0 spiro atoms. The van der Waals surface area contributed by atoms with Gasteiger partial charge in [-0.2, -0.15) is 5.10 Å². The van der Waals surface area contributed by atoms with E-state index in [1.54, 1.807) is 24.8 Å². The van der Waals surface area contributed by atoms with Gasteiger partial charge in [0.05, 0.1) is 16.7 Å². The SMILES string of the molecule is C=C(/C=c1/c(-c2cc3c(-c4cccnc4)ccnc3[nH]2)n[nH]/c1=C/C)c1cncc(N)c1. The third-order valence-electron chi connectivity index (χ3n) is 5.33. The van der Waals surface area contributed by atoms with E-state index in [9.17, 15) is 0 Å². The van der Waals surface area contributed by atoms with Crippen molar-refractivity contribution in [2.24, 2.45) is 0 Å². The first-order valence-electron chi connectivity index (χ1n) is 10.1. The van der Waals surface area contributed by atoms with Crippen LogP contribution in [0.3, 0.4) is 0 Å². The van der Waals surface area contributed by atoms with Crippen molar-refractivity contribution in [2.75, 3.05) is 5.73 Å². The normalized spacial score (nSPS) is 12.5. The number of allylic oxidation sites excluding steroid dienone is 1. The van der Waals surface area contributed by atoms with Crippen LogP contribution in [0.4, 0.5) is 5.69 Å². The minimum Gasteiger partial charge on any atom is -0.397 e. The first-order chi connectivity index (χ1) is 15.6. The van der Waals surface area contributed by atoms with E-state index in [2.05, 4.69) is 42.8 Å². The molecule has 5 rings (SSSR count). The summed E-state index contributed by atoms with van der Waals surface area (Å²) in [6, 6.07) is 9.89. The van der Waals surface area contributed by atoms with E-state index in [1.165, 1.54) is 0 Å². The summed E-state index contributed by atoms with van der Waals surface area (Å²) < 4.78 is 0. The first-order valence-corrected chi connectivity index (χ1v) is 10.1. The van der Waals surface area contributed by atoms with Crippen molar-refractivity contribution in [1.29, 1.82) is 0 Å². The fourth-order valence-electron chi connectivity index (χ4n) is 3.75. The van der Waals surface area contributed by atoms with Gasteiger partial charge in [0.25, 0.3) is 0 Å². The first kappa shape index (κ1) is 19.4. The Morgan fingerprint density at radius 3 is 2.78 bits per heavy atom. The highest BCUT2D eigenvalue weighted by molar-refractivity contribution is 5.96. The second-order valence-corrected chi connectivity index (χ2v) is 7.41. The largest absolute Gasteiger partial charge is 0.397 e. The lowest BCUT2D eigenvalue weighted by Gasteiger charge is -2.01. The van der Waals surface area contributed by atoms with E-state index in [4.69, 9.17) is 5.73 Å². The van der Waals surface area contributed by atoms with Gasteiger partial charge in [0.15, 0.2) is 0 Å². The highest BCUT2D eigenvalue weighted by Gasteiger charge is 2.13. The maximum Gasteiger partial charge on any atom is 0.138 e. The molecule has 156 valence electrons. The Bertz CT molecular complexity index is 1560. The Morgan fingerprint density at radius 1 is 1.09 bits per heavy atom. The van der Waals surface area contributed by atoms with Gasteiger partial charge in [-0.3, -0.25) is 15.1 Å². The molecule has 0 fully saturated rings. The predicted molar refractivity (Wildman–Crippen MR) is 128 cm³/mol. The standard InChI is InChI=1S/C25H21N7/c1-3-22-21(9-15(2)17-10-18(26)14-28-13-17)24(32-31-22)23-11-20-19(6-8-29-25(20)30-23)16-5-4-7-27-12-16/h3-14,31H,2,26H2,1H3,(H,29,30)/b21-9+,22-3+. The van der Waals surface area contributed by atoms with Crippen LogP contribution in [0.15, 0.2) is 67.9 Å². The highest BCUT2D eigenvalue weighted by atomic mass is 15.1. The summed E-state index contributed by atoms with van der Waals surface area (Å²) in [5.74, 6) is 0. The molecule has 0 saturated carbocycles. The number of aromatic nitrogens is 6. The summed E-state index contributed by atoms with van der Waals surface area (Å²) >= 11 is 0. The number of rotatable bonds is 4. The van der Waals surface area contributed by atoms with Crippen LogP contribution in [0.5, 0.6) is 0 Å². The van der Waals surface area contributed by atoms with Crippen LogP contribution in [-0.2, 0) is 0 Å². The summed E-state index contributed by atoms with van der Waals surface area (Å²) in [5.41, 5.74) is 12.7. The molecule has 0 aromatic carbocycles. The van der Waals surface area contributed by atoms with Crippen molar-refractivity contribution in [2.45, 2.75) is 6.92 Å². The molecule has 0 atom stereocenters. The molecule has 0 aliphatic rings. The number of hydrogen-bond donors (Lipinski definition) is 3. The average Bonchev–Trinajstić information content (AvgIpc) is 3.43. The molecule has 0 bridgehead atoms. The van der Waals surface area contributed by atoms with E-state index in [1.807, 2.05) is 49.5 Å². The summed E-state index contributed by atoms with van der Waals surface area (Å²) in [7, 11) is 0. The lowest BCUT2D eigenvalue weighted by atomic mass is 10.1. The quantitative estimate of drug-likeness (QED) is 0.414. The Balaban J connectivity index is 1.67. The Kier molecular flexibility index (Phi) is 4.84. The lowest BCUT2D eigenvalue weighted by molar-refractivity contribution is 1.06. The molecule has 0 saturated heterocycles. The summed E-state index contributed by atoms with van der Waals surface area (Å²) in [5, 5.41) is 10.5. The van der Waals surface area contributed by atoms with Crippen molar-refractivity contribution in [1.82, 2.24) is 30.1 Å². The zero-order chi connectivity index (χ0) is 22.1. The zero-order valence-electron chi connectivity index (χ0n) is 17.5. The summed E-state index contributed by atoms with van der Waals surface area (Å²) in [4.78, 5) is 16.3. The van der Waals surface area contributed by atoms with Crippen LogP contribution in [0.1, 0.15) is 12.5 Å². The fourth-order valence-corrected chi connectivity index (χ4v) is 3.75. The number of anilines is 1. The zero-order valence-corrected chi connectivity index (χ0v) is 17.5. The molecule has 0 unspecified atom stereocenters. The summed E-state index contributed by atoms with van der Waals surface area (Å²) in [6.45, 7) is 6.18. The second-order valence-electron chi connectivity index (χ2n) is 7.41. The summed E-state index contributed by atoms with van der Waals surface area (Å²) in [6.07, 6.45) is 12.7. The van der Waals surface area contributed by atoms with Crippen molar-refractivity contribution in [3.05, 3.63) is 84.0 Å². The maximum absolute atomic E-state index is 5.89. The van der Waals surface area contributed by atoms with Crippen molar-refractivity contribution >= 4 is 34.4 Å². The molecular weight excluding hydrogens is 398 g/mol. The number of nitrogens with zero attached hydrogens (tertiary/aromatic N) is 4. The van der Waals surface area contributed by atoms with Crippen LogP contribution in [0.25, 0.3) is 51.3 Å². The van der Waals surface area contributed by atoms with Gasteiger partial charge in [-0.15, -0.1) is 0 Å². The fraction of sp³-hybridized carbons (Fsp3) is 0.0400. The Labute approximate surface area is 184 Å². The van der Waals surface area contributed by atoms with Crippen molar-refractivity contribution in [3.8, 4) is 22.5 Å². The predicted octanol–water partition coefficient (Wildman–Crippen LogP) is 3.29. The van der Waals surface area contributed by atoms with Gasteiger partial charge in [0.1, 0.15) is 11.3 Å². The third-order valence-corrected chi connectivity index (χ3v) is 5.33. The third kappa shape index (κ3) is 3.45. The number of nitrogen functional groups attached to an aromatic ring is 1. The monoisotopic (exact) mass is 419 g/mol. The Morgan fingerprint density at radius 2 is 2.00 bits per heavy atom. The van der Waals surface area contributed by atoms with E-state index in [-0.39, 0.29) is 0 Å². The number of hydrogen-bond acceptors (Lipinski definition) is 5. The van der Waals surface area contributed by atoms with Gasteiger partial charge >= 0.3 is 0 Å². The molecule has 5 aromatic rings. The number of nitrogens with one attached hydrogen (secondary N) is 2. The van der Waals surface area contributed by atoms with Crippen LogP contribution in [0.2, 0.25) is 0 Å². The molecule has 4 N–H and O–H groups in total. The molecule has 32 heavy (non-hydrogen) atoms. The van der Waals surface area contributed by atoms with Gasteiger partial charge in [-0.05, 0) is 48.4 Å². The van der Waals surface area contributed by atoms with Crippen LogP contribution >= 0.6 is 0 Å². The van der Waals surface area contributed by atoms with Crippen molar-refractivity contribution in [3.63, 3.8) is 0 Å². The van der Waals surface area contributed by atoms with Gasteiger partial charge < -0.3 is 10.7 Å². The number of nitrogens with two attached hydrogens (primary N) is 1. The lowest BCUT2D eigenvalue weighted by Crippen LogP contribution is -2.23. The van der Waals surface area contributed by atoms with Gasteiger partial charge in [0.2, 0.25) is 0 Å². The van der Waals surface area contributed by atoms with Crippen LogP contribution in [-0.4, -0.2) is 30.1 Å². The van der Waals surface area contributed by atoms with Gasteiger partial charge in [-0.25, -0.2) is 4.98 Å². The Hall–Kier alpha value is -4.52. The average molecular weight is 419 g/mol. The van der Waals surface area contributed by atoms with Gasteiger partial charge in [-0.1, -0.05) is 18.7 Å². The smallest absolute Gasteiger partial charge is 0.138 e. The molecule has 0 radical (unpaired) electrons. The minimum atomic E-state index is 0.594. The highest BCUT2D eigenvalue weighted by Crippen LogP contribution is 2.29. The van der Waals surface area contributed by atoms with Crippen molar-refractivity contribution < 1.29 is 0 Å². The number of H-pyrrole nitrogens is 2.